The molecule has 0 radical (unpaired) electrons. The number of benzene rings is 2. The van der Waals surface area contributed by atoms with Crippen LogP contribution >= 0.6 is 0 Å². The molecule has 10 nitrogen and oxygen atoms in total. The SMILES string of the molecule is COc1cccc(/C=N\Nc2ccc([N+](=O)[O-])cc2[N+](=O)[O-])c1O. The van der Waals surface area contributed by atoms with Gasteiger partial charge in [-0.2, -0.15) is 5.10 Å². The molecule has 0 fully saturated rings. The standard InChI is InChI=1S/C14H12N4O6/c1-24-13-4-2-3-9(14(13)19)8-15-16-11-6-5-10(17(20)21)7-12(11)18(22)23/h2-8,16,19H,1H3/b15-8-. The van der Waals surface area contributed by atoms with Gasteiger partial charge in [0.25, 0.3) is 5.69 Å². The largest absolute Gasteiger partial charge is 0.504 e. The topological polar surface area (TPSA) is 140 Å². The van der Waals surface area contributed by atoms with Gasteiger partial charge in [-0.3, -0.25) is 25.7 Å². The van der Waals surface area contributed by atoms with E-state index in [-0.39, 0.29) is 17.2 Å². The predicted octanol–water partition coefficient (Wildman–Crippen LogP) is 2.66. The van der Waals surface area contributed by atoms with Gasteiger partial charge in [-0.15, -0.1) is 0 Å². The summed E-state index contributed by atoms with van der Waals surface area (Å²) in [4.78, 5) is 20.2. The number of anilines is 1. The lowest BCUT2D eigenvalue weighted by molar-refractivity contribution is -0.393. The number of aromatic hydroxyl groups is 1. The summed E-state index contributed by atoms with van der Waals surface area (Å²) < 4.78 is 4.95. The molecule has 0 aliphatic heterocycles. The number of rotatable bonds is 6. The molecule has 0 atom stereocenters. The molecule has 0 amide bonds. The average molecular weight is 332 g/mol. The second kappa shape index (κ2) is 7.05. The lowest BCUT2D eigenvalue weighted by Crippen LogP contribution is -1.99. The lowest BCUT2D eigenvalue weighted by Gasteiger charge is -2.05. The molecular formula is C14H12N4O6. The van der Waals surface area contributed by atoms with Crippen molar-refractivity contribution >= 4 is 23.3 Å². The van der Waals surface area contributed by atoms with Crippen molar-refractivity contribution in [1.82, 2.24) is 0 Å². The first-order valence-corrected chi connectivity index (χ1v) is 6.52. The summed E-state index contributed by atoms with van der Waals surface area (Å²) in [6, 6.07) is 7.89. The van der Waals surface area contributed by atoms with Crippen LogP contribution in [0.2, 0.25) is 0 Å². The molecule has 24 heavy (non-hydrogen) atoms. The fourth-order valence-electron chi connectivity index (χ4n) is 1.86. The van der Waals surface area contributed by atoms with Gasteiger partial charge in [0.15, 0.2) is 11.5 Å². The van der Waals surface area contributed by atoms with E-state index in [0.717, 1.165) is 12.1 Å². The molecule has 0 aliphatic carbocycles. The van der Waals surface area contributed by atoms with E-state index < -0.39 is 21.2 Å². The number of phenolic OH excluding ortho intramolecular Hbond substituents is 1. The highest BCUT2D eigenvalue weighted by Gasteiger charge is 2.19. The van der Waals surface area contributed by atoms with Crippen molar-refractivity contribution in [3.05, 3.63) is 62.2 Å². The number of hydrazone groups is 1. The number of nitrogens with zero attached hydrogens (tertiary/aromatic N) is 3. The van der Waals surface area contributed by atoms with E-state index >= 15 is 0 Å². The van der Waals surface area contributed by atoms with Crippen LogP contribution in [0.4, 0.5) is 17.1 Å². The van der Waals surface area contributed by atoms with Crippen LogP contribution in [0.1, 0.15) is 5.56 Å². The van der Waals surface area contributed by atoms with Gasteiger partial charge in [0.1, 0.15) is 5.69 Å². The Bertz CT molecular complexity index is 821. The minimum absolute atomic E-state index is 0.0239. The maximum atomic E-state index is 11.0. The van der Waals surface area contributed by atoms with Crippen LogP contribution in [0.5, 0.6) is 11.5 Å². The maximum Gasteiger partial charge on any atom is 0.301 e. The highest BCUT2D eigenvalue weighted by atomic mass is 16.6. The van der Waals surface area contributed by atoms with Crippen LogP contribution in [0, 0.1) is 20.2 Å². The van der Waals surface area contributed by atoms with Crippen LogP contribution in [0.15, 0.2) is 41.5 Å². The van der Waals surface area contributed by atoms with Crippen molar-refractivity contribution in [2.45, 2.75) is 0 Å². The summed E-state index contributed by atoms with van der Waals surface area (Å²) in [6.45, 7) is 0. The van der Waals surface area contributed by atoms with Gasteiger partial charge in [-0.25, -0.2) is 0 Å². The van der Waals surface area contributed by atoms with E-state index in [1.54, 1.807) is 18.2 Å². The molecule has 0 bridgehead atoms. The number of nitrogens with one attached hydrogen (secondary N) is 1. The van der Waals surface area contributed by atoms with Crippen molar-refractivity contribution in [3.63, 3.8) is 0 Å². The summed E-state index contributed by atoms with van der Waals surface area (Å²) in [7, 11) is 1.40. The normalized spacial score (nSPS) is 10.5. The zero-order valence-electron chi connectivity index (χ0n) is 12.4. The summed E-state index contributed by atoms with van der Waals surface area (Å²) >= 11 is 0. The number of nitro benzene ring substituents is 2. The minimum Gasteiger partial charge on any atom is -0.504 e. The number of methoxy groups -OCH3 is 1. The van der Waals surface area contributed by atoms with Crippen LogP contribution < -0.4 is 10.2 Å². The Morgan fingerprint density at radius 3 is 2.58 bits per heavy atom. The van der Waals surface area contributed by atoms with E-state index in [4.69, 9.17) is 4.74 Å². The molecule has 0 heterocycles. The quantitative estimate of drug-likeness (QED) is 0.470. The number of phenols is 1. The predicted molar refractivity (Wildman–Crippen MR) is 85.6 cm³/mol. The zero-order chi connectivity index (χ0) is 17.7. The number of nitro groups is 2. The van der Waals surface area contributed by atoms with E-state index in [2.05, 4.69) is 10.5 Å². The molecule has 124 valence electrons. The Morgan fingerprint density at radius 2 is 1.96 bits per heavy atom. The summed E-state index contributed by atoms with van der Waals surface area (Å²) in [5.74, 6) is 0.115. The van der Waals surface area contributed by atoms with Crippen molar-refractivity contribution < 1.29 is 19.7 Å². The molecule has 2 N–H and O–H groups in total. The van der Waals surface area contributed by atoms with E-state index in [1.165, 1.54) is 19.4 Å². The van der Waals surface area contributed by atoms with E-state index in [1.807, 2.05) is 0 Å². The number of para-hydroxylation sites is 1. The Hall–Kier alpha value is -3.69. The Morgan fingerprint density at radius 1 is 1.21 bits per heavy atom. The lowest BCUT2D eigenvalue weighted by atomic mass is 10.2. The number of non-ortho nitro benzene ring substituents is 1. The number of ether oxygens (including phenoxy) is 1. The van der Waals surface area contributed by atoms with Crippen molar-refractivity contribution in [2.24, 2.45) is 5.10 Å². The zero-order valence-corrected chi connectivity index (χ0v) is 12.4. The smallest absolute Gasteiger partial charge is 0.301 e. The van der Waals surface area contributed by atoms with Crippen LogP contribution in [0.25, 0.3) is 0 Å². The monoisotopic (exact) mass is 332 g/mol. The van der Waals surface area contributed by atoms with Gasteiger partial charge in [-0.05, 0) is 18.2 Å². The molecule has 0 spiro atoms. The molecule has 0 unspecified atom stereocenters. The van der Waals surface area contributed by atoms with Gasteiger partial charge in [0, 0.05) is 11.6 Å². The summed E-state index contributed by atoms with van der Waals surface area (Å²) in [5, 5.41) is 35.4. The second-order valence-electron chi connectivity index (χ2n) is 4.48. The molecule has 0 saturated carbocycles. The average Bonchev–Trinajstić information content (AvgIpc) is 2.56. The third kappa shape index (κ3) is 3.55. The van der Waals surface area contributed by atoms with Gasteiger partial charge < -0.3 is 9.84 Å². The van der Waals surface area contributed by atoms with Gasteiger partial charge >= 0.3 is 5.69 Å². The molecule has 0 aliphatic rings. The highest BCUT2D eigenvalue weighted by Crippen LogP contribution is 2.30. The molecule has 0 aromatic heterocycles. The highest BCUT2D eigenvalue weighted by molar-refractivity contribution is 5.85. The van der Waals surface area contributed by atoms with Crippen LogP contribution in [-0.4, -0.2) is 28.3 Å². The Kier molecular flexibility index (Phi) is 4.90. The minimum atomic E-state index is -0.756. The first kappa shape index (κ1) is 16.7. The van der Waals surface area contributed by atoms with Crippen molar-refractivity contribution in [3.8, 4) is 11.5 Å². The molecule has 0 saturated heterocycles. The van der Waals surface area contributed by atoms with Crippen molar-refractivity contribution in [1.29, 1.82) is 0 Å². The molecular weight excluding hydrogens is 320 g/mol. The van der Waals surface area contributed by atoms with Crippen LogP contribution in [0.3, 0.4) is 0 Å². The maximum absolute atomic E-state index is 11.0. The number of hydrogen-bond donors (Lipinski definition) is 2. The summed E-state index contributed by atoms with van der Waals surface area (Å²) in [6.07, 6.45) is 1.24. The van der Waals surface area contributed by atoms with E-state index in [9.17, 15) is 25.3 Å². The first-order valence-electron chi connectivity index (χ1n) is 6.52. The van der Waals surface area contributed by atoms with Gasteiger partial charge in [0.2, 0.25) is 0 Å². The third-order valence-corrected chi connectivity index (χ3v) is 3.03. The Balaban J connectivity index is 2.26. The first-order chi connectivity index (χ1) is 11.4. The van der Waals surface area contributed by atoms with Gasteiger partial charge in [-0.1, -0.05) is 6.07 Å². The van der Waals surface area contributed by atoms with E-state index in [0.29, 0.717) is 5.56 Å². The van der Waals surface area contributed by atoms with Gasteiger partial charge in [0.05, 0.1) is 29.2 Å². The third-order valence-electron chi connectivity index (χ3n) is 3.03. The van der Waals surface area contributed by atoms with Crippen LogP contribution in [-0.2, 0) is 0 Å². The fourth-order valence-corrected chi connectivity index (χ4v) is 1.86. The summed E-state index contributed by atoms with van der Waals surface area (Å²) in [5.41, 5.74) is 1.84. The second-order valence-corrected chi connectivity index (χ2v) is 4.48. The molecule has 2 aromatic carbocycles. The molecule has 10 heteroatoms. The molecule has 2 aromatic rings. The van der Waals surface area contributed by atoms with Crippen molar-refractivity contribution in [2.75, 3.05) is 12.5 Å². The Labute approximate surface area is 135 Å². The number of hydrogen-bond acceptors (Lipinski definition) is 8. The fraction of sp³-hybridized carbons (Fsp3) is 0.0714. The molecule has 2 rings (SSSR count).